The van der Waals surface area contributed by atoms with E-state index in [0.717, 1.165) is 10.2 Å². The molecule has 0 unspecified atom stereocenters. The summed E-state index contributed by atoms with van der Waals surface area (Å²) >= 11 is 2.87. The lowest BCUT2D eigenvalue weighted by atomic mass is 10.3. The number of rotatable bonds is 3. The number of para-hydroxylation sites is 1. The minimum atomic E-state index is 0.261. The molecule has 5 nitrogen and oxygen atoms in total. The van der Waals surface area contributed by atoms with E-state index >= 15 is 0 Å². The lowest BCUT2D eigenvalue weighted by Crippen LogP contribution is -2.00. The normalized spacial score (nSPS) is 11.4. The molecule has 0 amide bonds. The summed E-state index contributed by atoms with van der Waals surface area (Å²) in [5.74, 6) is 0. The van der Waals surface area contributed by atoms with E-state index in [1.807, 2.05) is 29.6 Å². The molecule has 3 rings (SSSR count). The van der Waals surface area contributed by atoms with Crippen LogP contribution in [0, 0.1) is 11.3 Å². The fraction of sp³-hybridized carbons (Fsp3) is 0. The topological polar surface area (TPSA) is 74.0 Å². The molecule has 0 spiro atoms. The summed E-state index contributed by atoms with van der Waals surface area (Å²) in [7, 11) is 0. The lowest BCUT2D eigenvalue weighted by Gasteiger charge is -1.93. The number of nitrogens with one attached hydrogen (secondary N) is 1. The van der Waals surface area contributed by atoms with Gasteiger partial charge in [-0.3, -0.25) is 5.43 Å². The Hall–Kier alpha value is -2.30. The zero-order valence-electron chi connectivity index (χ0n) is 9.57. The van der Waals surface area contributed by atoms with E-state index < -0.39 is 0 Å². The molecule has 0 aliphatic heterocycles. The third kappa shape index (κ3) is 2.45. The van der Waals surface area contributed by atoms with Gasteiger partial charge in [0.25, 0.3) is 0 Å². The Bertz CT molecular complexity index is 734. The Labute approximate surface area is 116 Å². The van der Waals surface area contributed by atoms with Crippen molar-refractivity contribution in [3.63, 3.8) is 0 Å². The molecular formula is C12H7N5S2. The van der Waals surface area contributed by atoms with Crippen molar-refractivity contribution < 1.29 is 0 Å². The van der Waals surface area contributed by atoms with Crippen LogP contribution >= 0.6 is 22.7 Å². The minimum Gasteiger partial charge on any atom is -0.251 e. The Balaban J connectivity index is 1.93. The Morgan fingerprint density at radius 1 is 1.37 bits per heavy atom. The van der Waals surface area contributed by atoms with Gasteiger partial charge in [-0.05, 0) is 12.1 Å². The standard InChI is InChI=1S/C12H7N5S2/c13-7-9(16-17-12-14-5-6-18-12)11-15-8-3-1-2-4-10(8)19-11/h1-6H,(H,14,17)/b16-9+. The van der Waals surface area contributed by atoms with Crippen molar-refractivity contribution in [2.45, 2.75) is 0 Å². The molecule has 0 atom stereocenters. The summed E-state index contributed by atoms with van der Waals surface area (Å²) in [5.41, 5.74) is 3.89. The molecule has 0 saturated carbocycles. The molecule has 2 heterocycles. The maximum Gasteiger partial charge on any atom is 0.203 e. The molecule has 1 N–H and O–H groups in total. The van der Waals surface area contributed by atoms with Crippen LogP contribution in [0.5, 0.6) is 0 Å². The molecular weight excluding hydrogens is 278 g/mol. The van der Waals surface area contributed by atoms with Crippen LogP contribution in [-0.4, -0.2) is 15.7 Å². The first-order valence-electron chi connectivity index (χ1n) is 5.36. The molecule has 7 heteroatoms. The van der Waals surface area contributed by atoms with Gasteiger partial charge in [0.2, 0.25) is 5.13 Å². The summed E-state index contributed by atoms with van der Waals surface area (Å²) in [6.07, 6.45) is 1.67. The molecule has 1 aromatic carbocycles. The molecule has 0 aliphatic rings. The monoisotopic (exact) mass is 285 g/mol. The van der Waals surface area contributed by atoms with Gasteiger partial charge >= 0.3 is 0 Å². The second-order valence-electron chi connectivity index (χ2n) is 3.51. The predicted octanol–water partition coefficient (Wildman–Crippen LogP) is 3.09. The first-order chi connectivity index (χ1) is 9.36. The zero-order chi connectivity index (χ0) is 13.1. The number of thiazole rings is 2. The third-order valence-corrected chi connectivity index (χ3v) is 4.02. The quantitative estimate of drug-likeness (QED) is 0.592. The summed E-state index contributed by atoms with van der Waals surface area (Å²) in [6.45, 7) is 0. The van der Waals surface area contributed by atoms with Crippen molar-refractivity contribution in [2.24, 2.45) is 5.10 Å². The summed E-state index contributed by atoms with van der Waals surface area (Å²) in [4.78, 5) is 8.42. The van der Waals surface area contributed by atoms with Crippen LogP contribution in [0.4, 0.5) is 5.13 Å². The van der Waals surface area contributed by atoms with E-state index in [-0.39, 0.29) is 5.71 Å². The van der Waals surface area contributed by atoms with Crippen LogP contribution < -0.4 is 5.43 Å². The number of hydrazone groups is 1. The number of hydrogen-bond acceptors (Lipinski definition) is 7. The maximum atomic E-state index is 9.16. The second-order valence-corrected chi connectivity index (χ2v) is 5.43. The molecule has 0 saturated heterocycles. The number of nitrogens with zero attached hydrogens (tertiary/aromatic N) is 4. The van der Waals surface area contributed by atoms with Gasteiger partial charge in [-0.2, -0.15) is 10.4 Å². The Morgan fingerprint density at radius 3 is 3.00 bits per heavy atom. The highest BCUT2D eigenvalue weighted by atomic mass is 32.1. The van der Waals surface area contributed by atoms with Gasteiger partial charge in [0, 0.05) is 11.6 Å². The number of hydrogen-bond donors (Lipinski definition) is 1. The van der Waals surface area contributed by atoms with Crippen molar-refractivity contribution in [1.82, 2.24) is 9.97 Å². The Kier molecular flexibility index (Phi) is 3.18. The van der Waals surface area contributed by atoms with E-state index in [4.69, 9.17) is 5.26 Å². The number of aromatic nitrogens is 2. The van der Waals surface area contributed by atoms with Gasteiger partial charge in [0.05, 0.1) is 10.2 Å². The Morgan fingerprint density at radius 2 is 2.26 bits per heavy atom. The number of anilines is 1. The number of benzene rings is 1. The SMILES string of the molecule is N#C/C(=N\Nc1nccs1)c1nc2ccccc2s1. The molecule has 0 fully saturated rings. The average Bonchev–Trinajstić information content (AvgIpc) is 3.08. The number of fused-ring (bicyclic) bond motifs is 1. The molecule has 2 aromatic heterocycles. The summed E-state index contributed by atoms with van der Waals surface area (Å²) in [6, 6.07) is 9.81. The van der Waals surface area contributed by atoms with Crippen molar-refractivity contribution in [1.29, 1.82) is 5.26 Å². The van der Waals surface area contributed by atoms with Crippen LogP contribution in [0.3, 0.4) is 0 Å². The van der Waals surface area contributed by atoms with E-state index in [0.29, 0.717) is 10.1 Å². The van der Waals surface area contributed by atoms with Crippen LogP contribution in [-0.2, 0) is 0 Å². The molecule has 0 aliphatic carbocycles. The highest BCUT2D eigenvalue weighted by Crippen LogP contribution is 2.22. The average molecular weight is 285 g/mol. The first kappa shape index (κ1) is 11.8. The van der Waals surface area contributed by atoms with E-state index in [2.05, 4.69) is 26.6 Å². The van der Waals surface area contributed by atoms with Gasteiger partial charge in [0.15, 0.2) is 10.7 Å². The van der Waals surface area contributed by atoms with Crippen molar-refractivity contribution in [3.05, 3.63) is 40.8 Å². The molecule has 19 heavy (non-hydrogen) atoms. The fourth-order valence-corrected chi connectivity index (χ4v) is 2.85. The summed E-state index contributed by atoms with van der Waals surface area (Å²) < 4.78 is 1.04. The zero-order valence-corrected chi connectivity index (χ0v) is 11.2. The minimum absolute atomic E-state index is 0.261. The van der Waals surface area contributed by atoms with Gasteiger partial charge in [-0.25, -0.2) is 9.97 Å². The lowest BCUT2D eigenvalue weighted by molar-refractivity contribution is 1.27. The van der Waals surface area contributed by atoms with Crippen LogP contribution in [0.15, 0.2) is 40.9 Å². The third-order valence-electron chi connectivity index (χ3n) is 2.30. The van der Waals surface area contributed by atoms with E-state index in [1.165, 1.54) is 22.7 Å². The van der Waals surface area contributed by atoms with Crippen molar-refractivity contribution >= 4 is 43.7 Å². The largest absolute Gasteiger partial charge is 0.251 e. The highest BCUT2D eigenvalue weighted by Gasteiger charge is 2.10. The smallest absolute Gasteiger partial charge is 0.203 e. The highest BCUT2D eigenvalue weighted by molar-refractivity contribution is 7.20. The molecule has 0 bridgehead atoms. The summed E-state index contributed by atoms with van der Waals surface area (Å²) in [5, 5.41) is 16.3. The molecule has 0 radical (unpaired) electrons. The van der Waals surface area contributed by atoms with Crippen molar-refractivity contribution in [2.75, 3.05) is 5.43 Å². The first-order valence-corrected chi connectivity index (χ1v) is 7.05. The van der Waals surface area contributed by atoms with Crippen LogP contribution in [0.25, 0.3) is 10.2 Å². The van der Waals surface area contributed by atoms with Crippen LogP contribution in [0.2, 0.25) is 0 Å². The van der Waals surface area contributed by atoms with Gasteiger partial charge < -0.3 is 0 Å². The second kappa shape index (κ2) is 5.14. The van der Waals surface area contributed by atoms with E-state index in [9.17, 15) is 0 Å². The van der Waals surface area contributed by atoms with Gasteiger partial charge in [-0.1, -0.05) is 12.1 Å². The van der Waals surface area contributed by atoms with Gasteiger partial charge in [0.1, 0.15) is 6.07 Å². The van der Waals surface area contributed by atoms with E-state index in [1.54, 1.807) is 6.20 Å². The maximum absolute atomic E-state index is 9.16. The predicted molar refractivity (Wildman–Crippen MR) is 77.5 cm³/mol. The van der Waals surface area contributed by atoms with Gasteiger partial charge in [-0.15, -0.1) is 22.7 Å². The number of nitriles is 1. The fourth-order valence-electron chi connectivity index (χ4n) is 1.48. The molecule has 3 aromatic rings. The molecule has 92 valence electrons. The van der Waals surface area contributed by atoms with Crippen molar-refractivity contribution in [3.8, 4) is 6.07 Å². The van der Waals surface area contributed by atoms with Crippen LogP contribution in [0.1, 0.15) is 5.01 Å².